The van der Waals surface area contributed by atoms with Gasteiger partial charge in [0.2, 0.25) is 0 Å². The summed E-state index contributed by atoms with van der Waals surface area (Å²) in [5.74, 6) is 0. The Morgan fingerprint density at radius 3 is 2.56 bits per heavy atom. The van der Waals surface area contributed by atoms with Crippen molar-refractivity contribution in [3.8, 4) is 0 Å². The van der Waals surface area contributed by atoms with Crippen molar-refractivity contribution in [2.45, 2.75) is 46.3 Å². The molecule has 1 rings (SSSR count). The molecule has 1 unspecified atom stereocenters. The van der Waals surface area contributed by atoms with E-state index in [2.05, 4.69) is 32.6 Å². The Hall–Kier alpha value is 0.170. The lowest BCUT2D eigenvalue weighted by Crippen LogP contribution is -2.53. The molecule has 1 fully saturated rings. The summed E-state index contributed by atoms with van der Waals surface area (Å²) in [6.07, 6.45) is 1.44. The highest BCUT2D eigenvalue weighted by atomic mass is 35.5. The third-order valence-electron chi connectivity index (χ3n) is 3.25. The topological polar surface area (TPSA) is 38.5 Å². The van der Waals surface area contributed by atoms with Crippen molar-refractivity contribution in [3.05, 3.63) is 0 Å². The summed E-state index contributed by atoms with van der Waals surface area (Å²) < 4.78 is 5.57. The first-order valence-electron chi connectivity index (χ1n) is 6.01. The fourth-order valence-electron chi connectivity index (χ4n) is 2.09. The van der Waals surface area contributed by atoms with Crippen LogP contribution in [0, 0.1) is 5.41 Å². The minimum absolute atomic E-state index is 0. The summed E-state index contributed by atoms with van der Waals surface area (Å²) in [5.41, 5.74) is 6.34. The minimum atomic E-state index is 0. The standard InChI is InChI=1S/C12H26N2O.ClH/c1-10(2)15-8-7-14-6-5-11(13)12(3,4)9-14;/h10-11H,5-9,13H2,1-4H3;1H. The average Bonchev–Trinajstić information content (AvgIpc) is 2.10. The normalized spacial score (nSPS) is 25.5. The molecule has 0 aliphatic carbocycles. The molecule has 1 saturated heterocycles. The maximum Gasteiger partial charge on any atom is 0.0596 e. The predicted molar refractivity (Wildman–Crippen MR) is 71.1 cm³/mol. The van der Waals surface area contributed by atoms with Gasteiger partial charge < -0.3 is 15.4 Å². The fourth-order valence-corrected chi connectivity index (χ4v) is 2.09. The second kappa shape index (κ2) is 6.80. The SMILES string of the molecule is CC(C)OCCN1CCC(N)C(C)(C)C1.Cl. The number of likely N-dealkylation sites (tertiary alicyclic amines) is 1. The van der Waals surface area contributed by atoms with E-state index in [0.29, 0.717) is 12.1 Å². The monoisotopic (exact) mass is 250 g/mol. The third-order valence-corrected chi connectivity index (χ3v) is 3.25. The van der Waals surface area contributed by atoms with E-state index in [9.17, 15) is 0 Å². The lowest BCUT2D eigenvalue weighted by molar-refractivity contribution is 0.0319. The van der Waals surface area contributed by atoms with Gasteiger partial charge in [-0.05, 0) is 32.2 Å². The first-order valence-corrected chi connectivity index (χ1v) is 6.01. The second-order valence-electron chi connectivity index (χ2n) is 5.58. The van der Waals surface area contributed by atoms with Crippen LogP contribution < -0.4 is 5.73 Å². The summed E-state index contributed by atoms with van der Waals surface area (Å²) in [6, 6.07) is 0.347. The van der Waals surface area contributed by atoms with Crippen molar-refractivity contribution in [2.75, 3.05) is 26.2 Å². The quantitative estimate of drug-likeness (QED) is 0.828. The van der Waals surface area contributed by atoms with E-state index >= 15 is 0 Å². The summed E-state index contributed by atoms with van der Waals surface area (Å²) in [4.78, 5) is 2.46. The van der Waals surface area contributed by atoms with E-state index in [0.717, 1.165) is 32.7 Å². The zero-order valence-corrected chi connectivity index (χ0v) is 11.8. The van der Waals surface area contributed by atoms with Crippen LogP contribution in [-0.4, -0.2) is 43.3 Å². The number of hydrogen-bond acceptors (Lipinski definition) is 3. The molecule has 0 amide bonds. The van der Waals surface area contributed by atoms with E-state index in [4.69, 9.17) is 10.5 Å². The molecule has 1 heterocycles. The Morgan fingerprint density at radius 1 is 1.44 bits per heavy atom. The summed E-state index contributed by atoms with van der Waals surface area (Å²) in [7, 11) is 0. The molecule has 1 aliphatic heterocycles. The number of piperidine rings is 1. The predicted octanol–water partition coefficient (Wildman–Crippen LogP) is 1.89. The van der Waals surface area contributed by atoms with Gasteiger partial charge in [-0.1, -0.05) is 13.8 Å². The molecular weight excluding hydrogens is 224 g/mol. The zero-order chi connectivity index (χ0) is 11.5. The van der Waals surface area contributed by atoms with Gasteiger partial charge in [0, 0.05) is 19.1 Å². The van der Waals surface area contributed by atoms with Gasteiger partial charge in [0.1, 0.15) is 0 Å². The van der Waals surface area contributed by atoms with Crippen LogP contribution in [0.1, 0.15) is 34.1 Å². The van der Waals surface area contributed by atoms with E-state index in [1.54, 1.807) is 0 Å². The Balaban J connectivity index is 0.00000225. The maximum atomic E-state index is 6.09. The van der Waals surface area contributed by atoms with Gasteiger partial charge in [0.25, 0.3) is 0 Å². The van der Waals surface area contributed by atoms with Crippen LogP contribution >= 0.6 is 12.4 Å². The summed E-state index contributed by atoms with van der Waals surface area (Å²) in [6.45, 7) is 12.8. The van der Waals surface area contributed by atoms with Crippen molar-refractivity contribution >= 4 is 12.4 Å². The molecule has 98 valence electrons. The van der Waals surface area contributed by atoms with E-state index in [-0.39, 0.29) is 17.8 Å². The number of hydrogen-bond donors (Lipinski definition) is 1. The first-order chi connectivity index (χ1) is 6.92. The Kier molecular flexibility index (Phi) is 6.87. The molecule has 1 atom stereocenters. The number of nitrogens with two attached hydrogens (primary N) is 1. The lowest BCUT2D eigenvalue weighted by atomic mass is 9.80. The molecule has 0 radical (unpaired) electrons. The van der Waals surface area contributed by atoms with Gasteiger partial charge in [-0.25, -0.2) is 0 Å². The number of rotatable bonds is 4. The van der Waals surface area contributed by atoms with Gasteiger partial charge in [-0.3, -0.25) is 0 Å². The Labute approximate surface area is 106 Å². The summed E-state index contributed by atoms with van der Waals surface area (Å²) >= 11 is 0. The average molecular weight is 251 g/mol. The zero-order valence-electron chi connectivity index (χ0n) is 11.0. The van der Waals surface area contributed by atoms with Crippen molar-refractivity contribution in [2.24, 2.45) is 11.1 Å². The van der Waals surface area contributed by atoms with Crippen LogP contribution in [0.3, 0.4) is 0 Å². The van der Waals surface area contributed by atoms with Gasteiger partial charge in [-0.2, -0.15) is 0 Å². The van der Waals surface area contributed by atoms with Crippen molar-refractivity contribution in [1.29, 1.82) is 0 Å². The van der Waals surface area contributed by atoms with Gasteiger partial charge in [0.05, 0.1) is 12.7 Å². The Bertz CT molecular complexity index is 197. The molecule has 1 aliphatic rings. The largest absolute Gasteiger partial charge is 0.377 e. The highest BCUT2D eigenvalue weighted by Crippen LogP contribution is 2.27. The molecule has 0 spiro atoms. The molecule has 16 heavy (non-hydrogen) atoms. The molecule has 0 aromatic heterocycles. The van der Waals surface area contributed by atoms with E-state index < -0.39 is 0 Å². The van der Waals surface area contributed by atoms with Crippen LogP contribution in [0.15, 0.2) is 0 Å². The smallest absolute Gasteiger partial charge is 0.0596 e. The van der Waals surface area contributed by atoms with Crippen LogP contribution in [0.25, 0.3) is 0 Å². The molecule has 4 heteroatoms. The van der Waals surface area contributed by atoms with Crippen LogP contribution in [0.4, 0.5) is 0 Å². The molecule has 0 aromatic carbocycles. The molecule has 0 aromatic rings. The van der Waals surface area contributed by atoms with Crippen LogP contribution in [0.2, 0.25) is 0 Å². The second-order valence-corrected chi connectivity index (χ2v) is 5.58. The molecule has 3 nitrogen and oxygen atoms in total. The highest BCUT2D eigenvalue weighted by Gasteiger charge is 2.32. The lowest BCUT2D eigenvalue weighted by Gasteiger charge is -2.42. The molecule has 0 bridgehead atoms. The van der Waals surface area contributed by atoms with Crippen molar-refractivity contribution in [3.63, 3.8) is 0 Å². The fraction of sp³-hybridized carbons (Fsp3) is 1.00. The van der Waals surface area contributed by atoms with Gasteiger partial charge in [0.15, 0.2) is 0 Å². The third kappa shape index (κ3) is 5.00. The molecule has 0 saturated carbocycles. The van der Waals surface area contributed by atoms with Crippen LogP contribution in [-0.2, 0) is 4.74 Å². The number of halogens is 1. The molecule has 2 N–H and O–H groups in total. The van der Waals surface area contributed by atoms with E-state index in [1.807, 2.05) is 0 Å². The van der Waals surface area contributed by atoms with Gasteiger partial charge >= 0.3 is 0 Å². The van der Waals surface area contributed by atoms with E-state index in [1.165, 1.54) is 0 Å². The van der Waals surface area contributed by atoms with Crippen molar-refractivity contribution < 1.29 is 4.74 Å². The first kappa shape index (κ1) is 16.2. The Morgan fingerprint density at radius 2 is 2.06 bits per heavy atom. The van der Waals surface area contributed by atoms with Gasteiger partial charge in [-0.15, -0.1) is 12.4 Å². The summed E-state index contributed by atoms with van der Waals surface area (Å²) in [5, 5.41) is 0. The van der Waals surface area contributed by atoms with Crippen molar-refractivity contribution in [1.82, 2.24) is 4.90 Å². The molecular formula is C12H27ClN2O. The maximum absolute atomic E-state index is 6.09. The van der Waals surface area contributed by atoms with Crippen LogP contribution in [0.5, 0.6) is 0 Å². The number of nitrogens with zero attached hydrogens (tertiary/aromatic N) is 1. The number of ether oxygens (including phenoxy) is 1. The highest BCUT2D eigenvalue weighted by molar-refractivity contribution is 5.85. The minimum Gasteiger partial charge on any atom is -0.377 e.